The van der Waals surface area contributed by atoms with Gasteiger partial charge in [0.2, 0.25) is 0 Å². The highest BCUT2D eigenvalue weighted by atomic mass is 79.9. The SMILES string of the molecule is COC(=O)[C@@H]1C(=O)C2=C(C[C@@H]1C)Nc1ccccc1N[C@H]2c1cccc(Br)c1. The summed E-state index contributed by atoms with van der Waals surface area (Å²) in [7, 11) is 1.33. The number of anilines is 2. The molecular weight excluding hydrogens is 420 g/mol. The van der Waals surface area contributed by atoms with E-state index < -0.39 is 11.9 Å². The van der Waals surface area contributed by atoms with E-state index in [0.717, 1.165) is 27.1 Å². The highest BCUT2D eigenvalue weighted by molar-refractivity contribution is 9.10. The van der Waals surface area contributed by atoms with Crippen molar-refractivity contribution in [3.8, 4) is 0 Å². The summed E-state index contributed by atoms with van der Waals surface area (Å²) in [4.78, 5) is 25.8. The molecule has 5 nitrogen and oxygen atoms in total. The first kappa shape index (κ1) is 18.7. The number of esters is 1. The standard InChI is InChI=1S/C22H21BrN2O3/c1-12-10-17-19(21(26)18(12)22(27)28-2)20(13-6-5-7-14(23)11-13)25-16-9-4-3-8-15(16)24-17/h3-9,11-12,18,20,24-25H,10H2,1-2H3/t12-,18-,20-/m0/s1. The summed E-state index contributed by atoms with van der Waals surface area (Å²) in [5, 5.41) is 6.96. The number of allylic oxidation sites excluding steroid dienone is 1. The Balaban J connectivity index is 1.88. The summed E-state index contributed by atoms with van der Waals surface area (Å²) in [6, 6.07) is 15.4. The third-order valence-corrected chi connectivity index (χ3v) is 5.90. The molecule has 0 fully saturated rings. The van der Waals surface area contributed by atoms with Crippen LogP contribution in [0, 0.1) is 11.8 Å². The van der Waals surface area contributed by atoms with E-state index in [4.69, 9.17) is 4.74 Å². The van der Waals surface area contributed by atoms with Crippen molar-refractivity contribution in [3.63, 3.8) is 0 Å². The number of rotatable bonds is 2. The van der Waals surface area contributed by atoms with Crippen LogP contribution in [-0.2, 0) is 14.3 Å². The molecule has 0 spiro atoms. The second-order valence-corrected chi connectivity index (χ2v) is 8.16. The van der Waals surface area contributed by atoms with E-state index in [2.05, 4.69) is 26.6 Å². The number of ketones is 1. The van der Waals surface area contributed by atoms with Crippen molar-refractivity contribution in [1.82, 2.24) is 0 Å². The number of hydrogen-bond donors (Lipinski definition) is 2. The minimum Gasteiger partial charge on any atom is -0.468 e. The molecule has 1 heterocycles. The molecule has 6 heteroatoms. The fourth-order valence-electron chi connectivity index (χ4n) is 4.07. The molecule has 1 aliphatic carbocycles. The molecule has 4 rings (SSSR count). The molecule has 28 heavy (non-hydrogen) atoms. The summed E-state index contributed by atoms with van der Waals surface area (Å²) in [6.07, 6.45) is 0.599. The second-order valence-electron chi connectivity index (χ2n) is 7.24. The number of ether oxygens (including phenoxy) is 1. The Morgan fingerprint density at radius 2 is 1.89 bits per heavy atom. The van der Waals surface area contributed by atoms with Gasteiger partial charge in [-0.25, -0.2) is 0 Å². The summed E-state index contributed by atoms with van der Waals surface area (Å²) >= 11 is 3.52. The molecule has 0 saturated heterocycles. The summed E-state index contributed by atoms with van der Waals surface area (Å²) in [5.74, 6) is -1.58. The first-order chi connectivity index (χ1) is 13.5. The Kier molecular flexibility index (Phi) is 4.98. The van der Waals surface area contributed by atoms with Gasteiger partial charge in [-0.3, -0.25) is 9.59 Å². The van der Waals surface area contributed by atoms with Crippen LogP contribution >= 0.6 is 15.9 Å². The average molecular weight is 441 g/mol. The van der Waals surface area contributed by atoms with Gasteiger partial charge in [0.05, 0.1) is 24.5 Å². The maximum absolute atomic E-state index is 13.5. The van der Waals surface area contributed by atoms with Crippen LogP contribution in [0.1, 0.15) is 24.9 Å². The predicted molar refractivity (Wildman–Crippen MR) is 112 cm³/mol. The number of carbonyl (C=O) groups is 2. The van der Waals surface area contributed by atoms with Crippen LogP contribution in [0.25, 0.3) is 0 Å². The predicted octanol–water partition coefficient (Wildman–Crippen LogP) is 4.68. The molecule has 1 aliphatic heterocycles. The average Bonchev–Trinajstić information content (AvgIpc) is 2.84. The third-order valence-electron chi connectivity index (χ3n) is 5.41. The smallest absolute Gasteiger partial charge is 0.316 e. The zero-order chi connectivity index (χ0) is 19.8. The Hall–Kier alpha value is -2.60. The fourth-order valence-corrected chi connectivity index (χ4v) is 4.49. The van der Waals surface area contributed by atoms with Gasteiger partial charge in [-0.05, 0) is 42.2 Å². The van der Waals surface area contributed by atoms with Crippen molar-refractivity contribution in [1.29, 1.82) is 0 Å². The van der Waals surface area contributed by atoms with Gasteiger partial charge in [-0.1, -0.05) is 47.1 Å². The fraction of sp³-hybridized carbons (Fsp3) is 0.273. The van der Waals surface area contributed by atoms with Gasteiger partial charge in [0.15, 0.2) is 5.78 Å². The van der Waals surface area contributed by atoms with E-state index in [9.17, 15) is 9.59 Å². The van der Waals surface area contributed by atoms with E-state index >= 15 is 0 Å². The largest absolute Gasteiger partial charge is 0.468 e. The molecule has 0 amide bonds. The minimum atomic E-state index is -0.789. The lowest BCUT2D eigenvalue weighted by atomic mass is 9.75. The number of nitrogens with one attached hydrogen (secondary N) is 2. The van der Waals surface area contributed by atoms with Crippen molar-refractivity contribution >= 4 is 39.1 Å². The van der Waals surface area contributed by atoms with E-state index in [0.29, 0.717) is 12.0 Å². The zero-order valence-electron chi connectivity index (χ0n) is 15.7. The lowest BCUT2D eigenvalue weighted by molar-refractivity contribution is -0.151. The molecule has 0 radical (unpaired) electrons. The van der Waals surface area contributed by atoms with Crippen LogP contribution in [0.5, 0.6) is 0 Å². The molecule has 0 saturated carbocycles. The van der Waals surface area contributed by atoms with E-state index in [1.807, 2.05) is 55.5 Å². The molecule has 0 aromatic heterocycles. The molecule has 144 valence electrons. The normalized spacial score (nSPS) is 23.7. The Labute approximate surface area is 172 Å². The van der Waals surface area contributed by atoms with Gasteiger partial charge in [0, 0.05) is 15.7 Å². The van der Waals surface area contributed by atoms with E-state index in [-0.39, 0.29) is 17.7 Å². The number of para-hydroxylation sites is 2. The topological polar surface area (TPSA) is 67.4 Å². The molecule has 0 unspecified atom stereocenters. The van der Waals surface area contributed by atoms with Crippen molar-refractivity contribution in [3.05, 3.63) is 69.8 Å². The van der Waals surface area contributed by atoms with Gasteiger partial charge in [-0.2, -0.15) is 0 Å². The molecule has 2 aliphatic rings. The van der Waals surface area contributed by atoms with Gasteiger partial charge in [0.25, 0.3) is 0 Å². The van der Waals surface area contributed by atoms with E-state index in [1.165, 1.54) is 7.11 Å². The maximum Gasteiger partial charge on any atom is 0.316 e. The lowest BCUT2D eigenvalue weighted by Gasteiger charge is -2.32. The number of benzene rings is 2. The number of Topliss-reactive ketones (excluding diaryl/α,β-unsaturated/α-hetero) is 1. The van der Waals surface area contributed by atoms with Crippen LogP contribution in [0.2, 0.25) is 0 Å². The van der Waals surface area contributed by atoms with Crippen molar-refractivity contribution < 1.29 is 14.3 Å². The van der Waals surface area contributed by atoms with Gasteiger partial charge in [0.1, 0.15) is 5.92 Å². The van der Waals surface area contributed by atoms with Crippen LogP contribution < -0.4 is 10.6 Å². The monoisotopic (exact) mass is 440 g/mol. The lowest BCUT2D eigenvalue weighted by Crippen LogP contribution is -2.39. The molecule has 2 aromatic rings. The molecule has 0 bridgehead atoms. The number of methoxy groups -OCH3 is 1. The molecule has 3 atom stereocenters. The number of carbonyl (C=O) groups excluding carboxylic acids is 2. The number of fused-ring (bicyclic) bond motifs is 1. The van der Waals surface area contributed by atoms with Gasteiger partial charge >= 0.3 is 5.97 Å². The van der Waals surface area contributed by atoms with Crippen molar-refractivity contribution in [2.75, 3.05) is 17.7 Å². The molecular formula is C22H21BrN2O3. The summed E-state index contributed by atoms with van der Waals surface area (Å²) in [5.41, 5.74) is 4.25. The van der Waals surface area contributed by atoms with Gasteiger partial charge < -0.3 is 15.4 Å². The van der Waals surface area contributed by atoms with Gasteiger partial charge in [-0.15, -0.1) is 0 Å². The van der Waals surface area contributed by atoms with Crippen molar-refractivity contribution in [2.45, 2.75) is 19.4 Å². The first-order valence-corrected chi connectivity index (χ1v) is 10.0. The van der Waals surface area contributed by atoms with E-state index in [1.54, 1.807) is 0 Å². The Morgan fingerprint density at radius 3 is 2.61 bits per heavy atom. The quantitative estimate of drug-likeness (QED) is 0.524. The zero-order valence-corrected chi connectivity index (χ0v) is 17.2. The molecule has 2 N–H and O–H groups in total. The maximum atomic E-state index is 13.5. The number of halogens is 1. The number of hydrogen-bond acceptors (Lipinski definition) is 5. The van der Waals surface area contributed by atoms with Crippen molar-refractivity contribution in [2.24, 2.45) is 11.8 Å². The third kappa shape index (κ3) is 3.22. The first-order valence-electron chi connectivity index (χ1n) is 9.22. The minimum absolute atomic E-state index is 0.139. The van der Waals surface area contributed by atoms with Crippen LogP contribution in [0.15, 0.2) is 64.3 Å². The highest BCUT2D eigenvalue weighted by Gasteiger charge is 2.44. The Bertz CT molecular complexity index is 985. The summed E-state index contributed by atoms with van der Waals surface area (Å²) < 4.78 is 5.86. The Morgan fingerprint density at radius 1 is 1.14 bits per heavy atom. The van der Waals surface area contributed by atoms with Crippen LogP contribution in [-0.4, -0.2) is 18.9 Å². The highest BCUT2D eigenvalue weighted by Crippen LogP contribution is 2.43. The molecule has 2 aromatic carbocycles. The summed E-state index contributed by atoms with van der Waals surface area (Å²) in [6.45, 7) is 1.92. The van der Waals surface area contributed by atoms with Crippen LogP contribution in [0.3, 0.4) is 0 Å². The van der Waals surface area contributed by atoms with Crippen LogP contribution in [0.4, 0.5) is 11.4 Å². The second kappa shape index (κ2) is 7.43.